The lowest BCUT2D eigenvalue weighted by Crippen LogP contribution is -2.28. The molecule has 154 valence electrons. The molecule has 0 fully saturated rings. The molecule has 7 rings (SSSR count). The maximum absolute atomic E-state index is 7.53. The Morgan fingerprint density at radius 1 is 0.788 bits per heavy atom. The second kappa shape index (κ2) is 6.31. The third kappa shape index (κ3) is 2.30. The van der Waals surface area contributed by atoms with Gasteiger partial charge in [-0.15, -0.1) is 0 Å². The normalized spacial score (nSPS) is 11.9. The number of rotatable bonds is 1. The number of hydrogen-bond donors (Lipinski definition) is 0. The molecule has 0 aliphatic rings. The zero-order valence-electron chi connectivity index (χ0n) is 18.4. The fraction of sp³-hybridized carbons (Fsp3) is 0.0667. The summed E-state index contributed by atoms with van der Waals surface area (Å²) in [4.78, 5) is 3.70. The highest BCUT2D eigenvalue weighted by Crippen LogP contribution is 2.42. The Hall–Kier alpha value is -4.42. The van der Waals surface area contributed by atoms with Crippen LogP contribution in [0.1, 0.15) is 5.56 Å². The van der Waals surface area contributed by atoms with E-state index in [-0.39, 0.29) is 0 Å². The van der Waals surface area contributed by atoms with Gasteiger partial charge in [-0.3, -0.25) is 0 Å². The van der Waals surface area contributed by atoms with Crippen LogP contribution >= 0.6 is 0 Å². The summed E-state index contributed by atoms with van der Waals surface area (Å²) in [6, 6.07) is 27.9. The minimum Gasteiger partial charge on any atom is -0.308 e. The number of aryl methyl sites for hydroxylation is 2. The van der Waals surface area contributed by atoms with Crippen molar-refractivity contribution in [2.45, 2.75) is 6.92 Å². The van der Waals surface area contributed by atoms with Crippen molar-refractivity contribution in [2.24, 2.45) is 7.05 Å². The van der Waals surface area contributed by atoms with Crippen LogP contribution in [0.5, 0.6) is 0 Å². The second-order valence-electron chi connectivity index (χ2n) is 8.90. The first kappa shape index (κ1) is 18.2. The van der Waals surface area contributed by atoms with Crippen molar-refractivity contribution in [1.29, 1.82) is 0 Å². The summed E-state index contributed by atoms with van der Waals surface area (Å²) in [6.07, 6.45) is 2.17. The quantitative estimate of drug-likeness (QED) is 0.114. The van der Waals surface area contributed by atoms with Crippen LogP contribution in [0, 0.1) is 13.5 Å². The topological polar surface area (TPSA) is 12.6 Å². The van der Waals surface area contributed by atoms with E-state index in [1.54, 1.807) is 0 Å². The molecule has 4 aromatic carbocycles. The Morgan fingerprint density at radius 3 is 2.45 bits per heavy atom. The molecule has 0 atom stereocenters. The van der Waals surface area contributed by atoms with Crippen molar-refractivity contribution in [3.63, 3.8) is 0 Å². The number of hydrogen-bond acceptors (Lipinski definition) is 0. The summed E-state index contributed by atoms with van der Waals surface area (Å²) >= 11 is 0. The standard InChI is InChI=1S/C30H20N3/c1-18-9-11-23-24-17-22(31-2)10-12-25(24)33-26-16-21(19-7-5-4-6-8-19)15-20-13-14-32(3)30(28(20)26)27(18)29(23)33/h4-17H,1,3H3/q+1. The molecule has 0 aliphatic carbocycles. The number of aromatic nitrogens is 2. The van der Waals surface area contributed by atoms with Crippen LogP contribution in [0.15, 0.2) is 85.1 Å². The van der Waals surface area contributed by atoms with E-state index < -0.39 is 0 Å². The summed E-state index contributed by atoms with van der Waals surface area (Å²) in [5.74, 6) is 0. The summed E-state index contributed by atoms with van der Waals surface area (Å²) in [7, 11) is 2.14. The van der Waals surface area contributed by atoms with Gasteiger partial charge in [0.1, 0.15) is 7.05 Å². The molecule has 3 heteroatoms. The SMILES string of the molecule is [C-]#[N+]c1ccc2c(c1)c1ccc(C)c3c1n2c1cc(-c2ccccc2)cc2cc[n+](C)c3c21. The largest absolute Gasteiger partial charge is 0.308 e. The van der Waals surface area contributed by atoms with Crippen LogP contribution in [0.25, 0.3) is 65.0 Å². The number of pyridine rings is 2. The van der Waals surface area contributed by atoms with Crippen molar-refractivity contribution >= 4 is 54.7 Å². The van der Waals surface area contributed by atoms with Gasteiger partial charge >= 0.3 is 0 Å². The van der Waals surface area contributed by atoms with Gasteiger partial charge in [0.2, 0.25) is 5.52 Å². The predicted octanol–water partition coefficient (Wildman–Crippen LogP) is 7.34. The van der Waals surface area contributed by atoms with Gasteiger partial charge in [0.15, 0.2) is 11.9 Å². The summed E-state index contributed by atoms with van der Waals surface area (Å²) in [5.41, 5.74) is 9.19. The van der Waals surface area contributed by atoms with E-state index in [1.807, 2.05) is 12.1 Å². The molecule has 0 bridgehead atoms. The van der Waals surface area contributed by atoms with Crippen LogP contribution in [-0.2, 0) is 7.05 Å². The Balaban J connectivity index is 1.84. The monoisotopic (exact) mass is 422 g/mol. The lowest BCUT2D eigenvalue weighted by molar-refractivity contribution is -0.643. The smallest absolute Gasteiger partial charge is 0.224 e. The molecular weight excluding hydrogens is 402 g/mol. The minimum atomic E-state index is 0.675. The van der Waals surface area contributed by atoms with Gasteiger partial charge in [-0.2, -0.15) is 0 Å². The minimum absolute atomic E-state index is 0.675. The molecule has 0 aliphatic heterocycles. The van der Waals surface area contributed by atoms with Crippen molar-refractivity contribution in [2.75, 3.05) is 0 Å². The molecule has 0 unspecified atom stereocenters. The third-order valence-electron chi connectivity index (χ3n) is 7.05. The van der Waals surface area contributed by atoms with E-state index in [9.17, 15) is 0 Å². The highest BCUT2D eigenvalue weighted by atomic mass is 15.0. The van der Waals surface area contributed by atoms with Crippen LogP contribution < -0.4 is 4.57 Å². The first-order valence-electron chi connectivity index (χ1n) is 11.1. The molecule has 0 N–H and O–H groups in total. The molecule has 3 heterocycles. The molecule has 0 spiro atoms. The fourth-order valence-corrected chi connectivity index (χ4v) is 5.57. The first-order valence-corrected chi connectivity index (χ1v) is 11.1. The Kier molecular flexibility index (Phi) is 3.47. The van der Waals surface area contributed by atoms with E-state index in [0.717, 1.165) is 10.9 Å². The van der Waals surface area contributed by atoms with E-state index >= 15 is 0 Å². The van der Waals surface area contributed by atoms with Crippen LogP contribution in [-0.4, -0.2) is 4.40 Å². The Morgan fingerprint density at radius 2 is 1.64 bits per heavy atom. The third-order valence-corrected chi connectivity index (χ3v) is 7.05. The molecule has 0 saturated heterocycles. The Bertz CT molecular complexity index is 1940. The summed E-state index contributed by atoms with van der Waals surface area (Å²) in [6.45, 7) is 9.73. The van der Waals surface area contributed by atoms with Crippen molar-refractivity contribution in [3.8, 4) is 11.1 Å². The van der Waals surface area contributed by atoms with Gasteiger partial charge in [-0.05, 0) is 58.7 Å². The molecule has 0 radical (unpaired) electrons. The van der Waals surface area contributed by atoms with Gasteiger partial charge in [0, 0.05) is 11.5 Å². The van der Waals surface area contributed by atoms with Crippen LogP contribution in [0.4, 0.5) is 5.69 Å². The van der Waals surface area contributed by atoms with Crippen LogP contribution in [0.3, 0.4) is 0 Å². The predicted molar refractivity (Wildman–Crippen MR) is 136 cm³/mol. The number of fused-ring (bicyclic) bond motifs is 5. The zero-order valence-corrected chi connectivity index (χ0v) is 18.4. The maximum Gasteiger partial charge on any atom is 0.224 e. The van der Waals surface area contributed by atoms with Gasteiger partial charge in [-0.25, -0.2) is 9.41 Å². The lowest BCUT2D eigenvalue weighted by Gasteiger charge is -2.14. The average Bonchev–Trinajstić information content (AvgIpc) is 3.18. The molecular formula is C30H20N3+. The summed E-state index contributed by atoms with van der Waals surface area (Å²) in [5, 5.41) is 6.12. The lowest BCUT2D eigenvalue weighted by atomic mass is 9.96. The first-order chi connectivity index (χ1) is 16.2. The highest BCUT2D eigenvalue weighted by Gasteiger charge is 2.24. The van der Waals surface area contributed by atoms with Crippen LogP contribution in [0.2, 0.25) is 0 Å². The van der Waals surface area contributed by atoms with E-state index in [0.29, 0.717) is 5.69 Å². The van der Waals surface area contributed by atoms with Gasteiger partial charge in [0.05, 0.1) is 33.9 Å². The number of benzene rings is 4. The van der Waals surface area contributed by atoms with Gasteiger partial charge in [0.25, 0.3) is 0 Å². The van der Waals surface area contributed by atoms with E-state index in [4.69, 9.17) is 6.57 Å². The van der Waals surface area contributed by atoms with E-state index in [2.05, 4.69) is 101 Å². The molecule has 0 saturated carbocycles. The maximum atomic E-state index is 7.53. The van der Waals surface area contributed by atoms with Crippen molar-refractivity contribution in [1.82, 2.24) is 4.40 Å². The zero-order chi connectivity index (χ0) is 22.3. The average molecular weight is 423 g/mol. The summed E-state index contributed by atoms with van der Waals surface area (Å²) < 4.78 is 4.67. The second-order valence-corrected chi connectivity index (χ2v) is 8.90. The molecule has 3 aromatic heterocycles. The van der Waals surface area contributed by atoms with Gasteiger partial charge in [-0.1, -0.05) is 48.5 Å². The van der Waals surface area contributed by atoms with Gasteiger partial charge < -0.3 is 4.40 Å². The van der Waals surface area contributed by atoms with E-state index in [1.165, 1.54) is 54.8 Å². The molecule has 3 nitrogen and oxygen atoms in total. The van der Waals surface area contributed by atoms with Crippen molar-refractivity contribution in [3.05, 3.63) is 102 Å². The molecule has 0 amide bonds. The molecule has 33 heavy (non-hydrogen) atoms. The Labute approximate surface area is 190 Å². The van der Waals surface area contributed by atoms with Crippen molar-refractivity contribution < 1.29 is 4.57 Å². The highest BCUT2D eigenvalue weighted by molar-refractivity contribution is 6.26. The fourth-order valence-electron chi connectivity index (χ4n) is 5.57. The number of nitrogens with zero attached hydrogens (tertiary/aromatic N) is 3. The molecule has 7 aromatic rings.